The van der Waals surface area contributed by atoms with Crippen LogP contribution in [0.2, 0.25) is 0 Å². The van der Waals surface area contributed by atoms with Crippen molar-refractivity contribution in [3.05, 3.63) is 24.3 Å². The lowest BCUT2D eigenvalue weighted by Crippen LogP contribution is -2.45. The molecule has 0 aliphatic heterocycles. The van der Waals surface area contributed by atoms with E-state index >= 15 is 0 Å². The van der Waals surface area contributed by atoms with Gasteiger partial charge < -0.3 is 15.5 Å². The lowest BCUT2D eigenvalue weighted by molar-refractivity contribution is -0.123. The predicted octanol–water partition coefficient (Wildman–Crippen LogP) is 13.2. The minimum Gasteiger partial charge on any atom is -0.394 e. The molecule has 4 heteroatoms. The molecule has 0 saturated carbocycles. The molecule has 48 heavy (non-hydrogen) atoms. The highest BCUT2D eigenvalue weighted by atomic mass is 16.3. The lowest BCUT2D eigenvalue weighted by atomic mass is 10.0. The lowest BCUT2D eigenvalue weighted by Gasteiger charge is -2.19. The summed E-state index contributed by atoms with van der Waals surface area (Å²) in [5, 5.41) is 23.0. The van der Waals surface area contributed by atoms with E-state index in [1.165, 1.54) is 180 Å². The monoisotopic (exact) mass is 676 g/mol. The SMILES string of the molecule is CCCCCCCCCCC/C=C/CC/C=C/[C@@H](O)[C@H](CO)NC(=O)CCCCCCCCCCCCCCCCCCCCCCC. The van der Waals surface area contributed by atoms with E-state index in [9.17, 15) is 15.0 Å². The molecule has 0 aromatic carbocycles. The smallest absolute Gasteiger partial charge is 0.220 e. The zero-order valence-electron chi connectivity index (χ0n) is 32.5. The molecule has 0 unspecified atom stereocenters. The van der Waals surface area contributed by atoms with Crippen LogP contribution in [0.5, 0.6) is 0 Å². The first-order chi connectivity index (χ1) is 23.7. The highest BCUT2D eigenvalue weighted by Gasteiger charge is 2.17. The van der Waals surface area contributed by atoms with Crippen LogP contribution >= 0.6 is 0 Å². The number of nitrogens with one attached hydrogen (secondary N) is 1. The zero-order valence-corrected chi connectivity index (χ0v) is 32.5. The molecule has 4 nitrogen and oxygen atoms in total. The maximum absolute atomic E-state index is 12.4. The van der Waals surface area contributed by atoms with Crippen molar-refractivity contribution in [2.24, 2.45) is 0 Å². The van der Waals surface area contributed by atoms with Crippen molar-refractivity contribution in [3.8, 4) is 0 Å². The van der Waals surface area contributed by atoms with Crippen LogP contribution in [-0.4, -0.2) is 34.9 Å². The van der Waals surface area contributed by atoms with Gasteiger partial charge in [-0.25, -0.2) is 0 Å². The Kier molecular flexibility index (Phi) is 39.4. The van der Waals surface area contributed by atoms with Crippen LogP contribution in [0.25, 0.3) is 0 Å². The number of allylic oxidation sites excluding steroid dienone is 3. The van der Waals surface area contributed by atoms with Gasteiger partial charge in [-0.15, -0.1) is 0 Å². The Morgan fingerprint density at radius 1 is 0.479 bits per heavy atom. The number of amides is 1. The van der Waals surface area contributed by atoms with E-state index in [0.29, 0.717) is 6.42 Å². The number of aliphatic hydroxyl groups is 2. The van der Waals surface area contributed by atoms with Gasteiger partial charge in [0.05, 0.1) is 18.8 Å². The summed E-state index contributed by atoms with van der Waals surface area (Å²) in [6, 6.07) is -0.633. The first kappa shape index (κ1) is 46.9. The molecular formula is C44H85NO3. The number of hydrogen-bond donors (Lipinski definition) is 3. The Morgan fingerprint density at radius 3 is 1.21 bits per heavy atom. The molecule has 0 aliphatic rings. The van der Waals surface area contributed by atoms with Crippen molar-refractivity contribution in [1.29, 1.82) is 0 Å². The molecule has 2 atom stereocenters. The van der Waals surface area contributed by atoms with E-state index < -0.39 is 12.1 Å². The zero-order chi connectivity index (χ0) is 35.0. The fraction of sp³-hybridized carbons (Fsp3) is 0.886. The quantitative estimate of drug-likeness (QED) is 0.0448. The molecule has 0 rings (SSSR count). The highest BCUT2D eigenvalue weighted by molar-refractivity contribution is 5.76. The second kappa shape index (κ2) is 40.3. The van der Waals surface area contributed by atoms with E-state index in [-0.39, 0.29) is 12.5 Å². The maximum Gasteiger partial charge on any atom is 0.220 e. The van der Waals surface area contributed by atoms with Crippen molar-refractivity contribution >= 4 is 5.91 Å². The molecule has 3 N–H and O–H groups in total. The van der Waals surface area contributed by atoms with Crippen LogP contribution in [0.4, 0.5) is 0 Å². The fourth-order valence-electron chi connectivity index (χ4n) is 6.61. The van der Waals surface area contributed by atoms with Crippen molar-refractivity contribution in [3.63, 3.8) is 0 Å². The van der Waals surface area contributed by atoms with Crippen molar-refractivity contribution in [1.82, 2.24) is 5.32 Å². The molecule has 0 saturated heterocycles. The van der Waals surface area contributed by atoms with Crippen LogP contribution in [0, 0.1) is 0 Å². The molecule has 0 radical (unpaired) electrons. The molecule has 284 valence electrons. The van der Waals surface area contributed by atoms with Crippen LogP contribution in [0.15, 0.2) is 24.3 Å². The molecule has 0 fully saturated rings. The Hall–Kier alpha value is -1.13. The van der Waals surface area contributed by atoms with E-state index in [4.69, 9.17) is 0 Å². The topological polar surface area (TPSA) is 69.6 Å². The third kappa shape index (κ3) is 36.2. The Bertz CT molecular complexity index is 691. The minimum atomic E-state index is -0.857. The molecule has 0 spiro atoms. The van der Waals surface area contributed by atoms with Crippen molar-refractivity contribution in [2.45, 2.75) is 244 Å². The largest absolute Gasteiger partial charge is 0.394 e. The van der Waals surface area contributed by atoms with Gasteiger partial charge in [0.2, 0.25) is 5.91 Å². The highest BCUT2D eigenvalue weighted by Crippen LogP contribution is 2.16. The van der Waals surface area contributed by atoms with Gasteiger partial charge in [0.25, 0.3) is 0 Å². The van der Waals surface area contributed by atoms with Gasteiger partial charge in [0.15, 0.2) is 0 Å². The first-order valence-corrected chi connectivity index (χ1v) is 21.6. The second-order valence-corrected chi connectivity index (χ2v) is 14.8. The first-order valence-electron chi connectivity index (χ1n) is 21.6. The van der Waals surface area contributed by atoms with E-state index in [0.717, 1.165) is 32.1 Å². The number of hydrogen-bond acceptors (Lipinski definition) is 3. The standard InChI is InChI=1S/C44H85NO3/c1-3-5-7-9-11-13-15-17-19-20-21-22-23-24-26-28-30-32-34-36-38-40-44(48)45-42(41-46)43(47)39-37-35-33-31-29-27-25-18-16-14-12-10-8-6-4-2/h29,31,37,39,42-43,46-47H,3-28,30,32-36,38,40-41H2,1-2H3,(H,45,48)/b31-29+,39-37+/t42-,43+/m0/s1. The average molecular weight is 676 g/mol. The summed E-state index contributed by atoms with van der Waals surface area (Å²) in [6.45, 7) is 4.30. The Balaban J connectivity index is 3.56. The van der Waals surface area contributed by atoms with E-state index in [2.05, 4.69) is 31.3 Å². The van der Waals surface area contributed by atoms with Crippen molar-refractivity contribution in [2.75, 3.05) is 6.61 Å². The number of carbonyl (C=O) groups is 1. The second-order valence-electron chi connectivity index (χ2n) is 14.8. The summed E-state index contributed by atoms with van der Waals surface area (Å²) >= 11 is 0. The number of carbonyl (C=O) groups excluding carboxylic acids is 1. The molecule has 0 aromatic heterocycles. The third-order valence-electron chi connectivity index (χ3n) is 9.94. The predicted molar refractivity (Wildman–Crippen MR) is 212 cm³/mol. The van der Waals surface area contributed by atoms with Gasteiger partial charge >= 0.3 is 0 Å². The molecule has 0 bridgehead atoms. The summed E-state index contributed by atoms with van der Waals surface area (Å²) in [4.78, 5) is 12.4. The van der Waals surface area contributed by atoms with Crippen LogP contribution in [0.1, 0.15) is 232 Å². The molecule has 0 heterocycles. The van der Waals surface area contributed by atoms with Gasteiger partial charge in [0, 0.05) is 6.42 Å². The van der Waals surface area contributed by atoms with Gasteiger partial charge in [-0.3, -0.25) is 4.79 Å². The van der Waals surface area contributed by atoms with E-state index in [1.54, 1.807) is 6.08 Å². The molecule has 0 aliphatic carbocycles. The van der Waals surface area contributed by atoms with Crippen LogP contribution in [0.3, 0.4) is 0 Å². The number of rotatable bonds is 39. The summed E-state index contributed by atoms with van der Waals surface area (Å²) in [5.74, 6) is -0.0706. The minimum absolute atomic E-state index is 0.0706. The maximum atomic E-state index is 12.4. The summed E-state index contributed by atoms with van der Waals surface area (Å²) in [7, 11) is 0. The Morgan fingerprint density at radius 2 is 0.812 bits per heavy atom. The fourth-order valence-corrected chi connectivity index (χ4v) is 6.61. The summed E-state index contributed by atoms with van der Waals surface area (Å²) in [5.41, 5.74) is 0. The third-order valence-corrected chi connectivity index (χ3v) is 9.94. The average Bonchev–Trinajstić information content (AvgIpc) is 3.09. The summed E-state index contributed by atoms with van der Waals surface area (Å²) in [6.07, 6.45) is 51.4. The van der Waals surface area contributed by atoms with Gasteiger partial charge in [-0.05, 0) is 32.1 Å². The Labute approximate surface area is 300 Å². The molecule has 0 aromatic rings. The van der Waals surface area contributed by atoms with Crippen molar-refractivity contribution < 1.29 is 15.0 Å². The van der Waals surface area contributed by atoms with E-state index in [1.807, 2.05) is 6.08 Å². The summed E-state index contributed by atoms with van der Waals surface area (Å²) < 4.78 is 0. The molecule has 1 amide bonds. The van der Waals surface area contributed by atoms with Gasteiger partial charge in [0.1, 0.15) is 0 Å². The van der Waals surface area contributed by atoms with Crippen LogP contribution in [-0.2, 0) is 4.79 Å². The van der Waals surface area contributed by atoms with Gasteiger partial charge in [-0.2, -0.15) is 0 Å². The molecular weight excluding hydrogens is 590 g/mol. The number of unbranched alkanes of at least 4 members (excludes halogenated alkanes) is 30. The van der Waals surface area contributed by atoms with Crippen LogP contribution < -0.4 is 5.32 Å². The number of aliphatic hydroxyl groups excluding tert-OH is 2. The van der Waals surface area contributed by atoms with Gasteiger partial charge in [-0.1, -0.05) is 218 Å². The normalized spacial score (nSPS) is 13.2.